The van der Waals surface area contributed by atoms with E-state index in [1.807, 2.05) is 0 Å². The van der Waals surface area contributed by atoms with Crippen LogP contribution in [-0.2, 0) is 0 Å². The van der Waals surface area contributed by atoms with Gasteiger partial charge in [-0.2, -0.15) is 0 Å². The summed E-state index contributed by atoms with van der Waals surface area (Å²) in [4.78, 5) is 16.7. The summed E-state index contributed by atoms with van der Waals surface area (Å²) in [5, 5.41) is 10.4. The molecule has 3 unspecified atom stereocenters. The Balaban J connectivity index is 2.65. The monoisotopic (exact) mass is 179 g/mol. The van der Waals surface area contributed by atoms with Crippen LogP contribution in [0.15, 0.2) is 0 Å². The SMILES string of the molecule is [C-]#[N+]C1CCC([N+](=O)[O-])CC1[N+]#[C-]. The van der Waals surface area contributed by atoms with Gasteiger partial charge in [0.25, 0.3) is 6.04 Å². The Labute approximate surface area is 76.1 Å². The van der Waals surface area contributed by atoms with Crippen molar-refractivity contribution in [2.75, 3.05) is 0 Å². The van der Waals surface area contributed by atoms with Crippen molar-refractivity contribution in [3.8, 4) is 0 Å². The zero-order chi connectivity index (χ0) is 9.84. The van der Waals surface area contributed by atoms with Crippen LogP contribution in [0.5, 0.6) is 0 Å². The van der Waals surface area contributed by atoms with Gasteiger partial charge in [0, 0.05) is 17.8 Å². The fourth-order valence-corrected chi connectivity index (χ4v) is 1.59. The second kappa shape index (κ2) is 3.86. The van der Waals surface area contributed by atoms with Crippen molar-refractivity contribution < 1.29 is 4.92 Å². The summed E-state index contributed by atoms with van der Waals surface area (Å²) in [6, 6.07) is -1.41. The third-order valence-electron chi connectivity index (χ3n) is 2.38. The van der Waals surface area contributed by atoms with Crippen molar-refractivity contribution in [1.82, 2.24) is 0 Å². The molecular weight excluding hydrogens is 170 g/mol. The van der Waals surface area contributed by atoms with E-state index < -0.39 is 12.1 Å². The average Bonchev–Trinajstić information content (AvgIpc) is 2.16. The van der Waals surface area contributed by atoms with E-state index in [9.17, 15) is 10.1 Å². The van der Waals surface area contributed by atoms with Gasteiger partial charge in [0.1, 0.15) is 0 Å². The molecule has 1 aliphatic rings. The van der Waals surface area contributed by atoms with Crippen LogP contribution in [-0.4, -0.2) is 23.0 Å². The van der Waals surface area contributed by atoms with Crippen molar-refractivity contribution in [2.45, 2.75) is 37.4 Å². The Morgan fingerprint density at radius 3 is 2.31 bits per heavy atom. The first-order valence-corrected chi connectivity index (χ1v) is 4.05. The van der Waals surface area contributed by atoms with Crippen LogP contribution in [0.25, 0.3) is 9.69 Å². The van der Waals surface area contributed by atoms with Gasteiger partial charge < -0.3 is 9.69 Å². The molecule has 0 radical (unpaired) electrons. The molecule has 0 heterocycles. The van der Waals surface area contributed by atoms with Crippen molar-refractivity contribution >= 4 is 0 Å². The van der Waals surface area contributed by atoms with Crippen LogP contribution in [0, 0.1) is 23.3 Å². The van der Waals surface area contributed by atoms with Gasteiger partial charge in [-0.15, -0.1) is 0 Å². The van der Waals surface area contributed by atoms with Crippen molar-refractivity contribution in [1.29, 1.82) is 0 Å². The highest BCUT2D eigenvalue weighted by molar-refractivity contribution is 5.01. The van der Waals surface area contributed by atoms with Gasteiger partial charge in [0.05, 0.1) is 6.42 Å². The molecule has 0 aromatic heterocycles. The predicted octanol–water partition coefficient (Wildman–Crippen LogP) is 1.39. The minimum absolute atomic E-state index is 0.240. The smallest absolute Gasteiger partial charge is 0.303 e. The highest BCUT2D eigenvalue weighted by Crippen LogP contribution is 2.25. The lowest BCUT2D eigenvalue weighted by atomic mass is 9.88. The normalized spacial score (nSPS) is 32.9. The number of hydrogen-bond acceptors (Lipinski definition) is 2. The van der Waals surface area contributed by atoms with Crippen LogP contribution in [0.3, 0.4) is 0 Å². The Kier molecular flexibility index (Phi) is 2.81. The molecule has 1 fully saturated rings. The standard InChI is InChI=1S/C8H9N3O2/c1-9-7-4-3-6(11(12)13)5-8(7)10-2/h6-8H,3-5H2. The zero-order valence-electron chi connectivity index (χ0n) is 7.01. The quantitative estimate of drug-likeness (QED) is 0.347. The molecule has 0 bridgehead atoms. The molecule has 68 valence electrons. The maximum atomic E-state index is 10.4. The molecule has 0 saturated heterocycles. The van der Waals surface area contributed by atoms with Gasteiger partial charge in [-0.05, 0) is 0 Å². The second-order valence-electron chi connectivity index (χ2n) is 3.15. The molecule has 0 spiro atoms. The van der Waals surface area contributed by atoms with Crippen LogP contribution >= 0.6 is 0 Å². The van der Waals surface area contributed by atoms with Crippen LogP contribution in [0.4, 0.5) is 0 Å². The summed E-state index contributed by atoms with van der Waals surface area (Å²) in [5.41, 5.74) is 0. The van der Waals surface area contributed by atoms with E-state index >= 15 is 0 Å². The Morgan fingerprint density at radius 1 is 1.23 bits per heavy atom. The van der Waals surface area contributed by atoms with Crippen LogP contribution < -0.4 is 0 Å². The minimum atomic E-state index is -0.614. The largest absolute Gasteiger partial charge is 0.305 e. The molecule has 5 nitrogen and oxygen atoms in total. The van der Waals surface area contributed by atoms with E-state index in [1.165, 1.54) is 0 Å². The highest BCUT2D eigenvalue weighted by Gasteiger charge is 2.44. The zero-order valence-corrected chi connectivity index (χ0v) is 7.01. The van der Waals surface area contributed by atoms with E-state index in [0.717, 1.165) is 0 Å². The molecule has 0 aliphatic heterocycles. The topological polar surface area (TPSA) is 51.9 Å². The first-order valence-electron chi connectivity index (χ1n) is 4.05. The molecule has 5 heteroatoms. The predicted molar refractivity (Wildman–Crippen MR) is 45.4 cm³/mol. The van der Waals surface area contributed by atoms with Crippen molar-refractivity contribution in [3.05, 3.63) is 32.9 Å². The van der Waals surface area contributed by atoms with Crippen molar-refractivity contribution in [3.63, 3.8) is 0 Å². The third kappa shape index (κ3) is 1.94. The molecule has 0 aromatic carbocycles. The van der Waals surface area contributed by atoms with Gasteiger partial charge in [-0.25, -0.2) is 13.1 Å². The maximum absolute atomic E-state index is 10.4. The van der Waals surface area contributed by atoms with Gasteiger partial charge in [0.15, 0.2) is 0 Å². The fourth-order valence-electron chi connectivity index (χ4n) is 1.59. The molecule has 0 N–H and O–H groups in total. The molecule has 13 heavy (non-hydrogen) atoms. The number of rotatable bonds is 1. The number of nitrogens with zero attached hydrogens (tertiary/aromatic N) is 3. The first-order chi connectivity index (χ1) is 6.19. The Hall–Kier alpha value is -1.62. The average molecular weight is 179 g/mol. The summed E-state index contributed by atoms with van der Waals surface area (Å²) in [6.07, 6.45) is 1.16. The molecule has 0 amide bonds. The van der Waals surface area contributed by atoms with E-state index in [4.69, 9.17) is 13.1 Å². The third-order valence-corrected chi connectivity index (χ3v) is 2.38. The van der Waals surface area contributed by atoms with Crippen LogP contribution in [0.1, 0.15) is 19.3 Å². The summed E-state index contributed by atoms with van der Waals surface area (Å²) >= 11 is 0. The van der Waals surface area contributed by atoms with Crippen LogP contribution in [0.2, 0.25) is 0 Å². The molecule has 1 saturated carbocycles. The Morgan fingerprint density at radius 2 is 1.85 bits per heavy atom. The maximum Gasteiger partial charge on any atom is 0.303 e. The van der Waals surface area contributed by atoms with Crippen molar-refractivity contribution in [2.24, 2.45) is 0 Å². The lowest BCUT2D eigenvalue weighted by Gasteiger charge is -2.17. The fraction of sp³-hybridized carbons (Fsp3) is 0.750. The molecule has 3 atom stereocenters. The summed E-state index contributed by atoms with van der Waals surface area (Å²) in [6.45, 7) is 13.6. The molecule has 1 aliphatic carbocycles. The van der Waals surface area contributed by atoms with E-state index in [-0.39, 0.29) is 17.4 Å². The van der Waals surface area contributed by atoms with Gasteiger partial charge >= 0.3 is 6.04 Å². The van der Waals surface area contributed by atoms with E-state index in [1.54, 1.807) is 0 Å². The molecular formula is C8H9N3O2. The lowest BCUT2D eigenvalue weighted by molar-refractivity contribution is -0.526. The number of hydrogen-bond donors (Lipinski definition) is 0. The van der Waals surface area contributed by atoms with Gasteiger partial charge in [-0.3, -0.25) is 10.1 Å². The molecule has 0 aromatic rings. The summed E-state index contributed by atoms with van der Waals surface area (Å²) < 4.78 is 0. The lowest BCUT2D eigenvalue weighted by Crippen LogP contribution is -2.36. The Bertz CT molecular complexity index is 289. The van der Waals surface area contributed by atoms with Gasteiger partial charge in [-0.1, -0.05) is 0 Å². The van der Waals surface area contributed by atoms with Gasteiger partial charge in [0.2, 0.25) is 6.04 Å². The number of nitro groups is 1. The first kappa shape index (κ1) is 9.47. The van der Waals surface area contributed by atoms with E-state index in [0.29, 0.717) is 12.8 Å². The minimum Gasteiger partial charge on any atom is -0.305 e. The van der Waals surface area contributed by atoms with E-state index in [2.05, 4.69) is 9.69 Å². The molecule has 1 rings (SSSR count). The summed E-state index contributed by atoms with van der Waals surface area (Å²) in [7, 11) is 0. The summed E-state index contributed by atoms with van der Waals surface area (Å²) in [5.74, 6) is 0. The second-order valence-corrected chi connectivity index (χ2v) is 3.15. The highest BCUT2D eigenvalue weighted by atomic mass is 16.6.